The van der Waals surface area contributed by atoms with Crippen LogP contribution in [0.1, 0.15) is 51.6 Å². The van der Waals surface area contributed by atoms with Crippen LogP contribution in [0.4, 0.5) is 4.79 Å². The minimum atomic E-state index is -1.23. The van der Waals surface area contributed by atoms with Gasteiger partial charge in [0.15, 0.2) is 6.10 Å². The van der Waals surface area contributed by atoms with Crippen molar-refractivity contribution in [3.63, 3.8) is 0 Å². The van der Waals surface area contributed by atoms with Crippen molar-refractivity contribution >= 4 is 24.0 Å². The van der Waals surface area contributed by atoms with Gasteiger partial charge in [0.1, 0.15) is 11.6 Å². The summed E-state index contributed by atoms with van der Waals surface area (Å²) < 4.78 is 7.18. The molecule has 158 valence electrons. The average molecular weight is 402 g/mol. The Morgan fingerprint density at radius 2 is 1.83 bits per heavy atom. The van der Waals surface area contributed by atoms with Crippen LogP contribution in [-0.2, 0) is 20.9 Å². The number of aryl methyl sites for hydroxylation is 1. The van der Waals surface area contributed by atoms with Crippen LogP contribution in [0.5, 0.6) is 0 Å². The van der Waals surface area contributed by atoms with Crippen molar-refractivity contribution in [1.82, 2.24) is 15.2 Å². The number of ether oxygens (including phenoxy) is 1. The topological polar surface area (TPSA) is 113 Å². The lowest BCUT2D eigenvalue weighted by atomic mass is 10.1. The van der Waals surface area contributed by atoms with E-state index in [1.807, 2.05) is 26.0 Å². The number of carbonyl (C=O) groups is 3. The molecule has 0 unspecified atom stereocenters. The zero-order valence-electron chi connectivity index (χ0n) is 18.1. The first kappa shape index (κ1) is 24.0. The van der Waals surface area contributed by atoms with Crippen molar-refractivity contribution in [2.45, 2.75) is 67.2 Å². The van der Waals surface area contributed by atoms with Crippen molar-refractivity contribution in [2.24, 2.45) is 5.92 Å². The Hall–Kier alpha value is -3.08. The first-order chi connectivity index (χ1) is 13.5. The Morgan fingerprint density at radius 3 is 2.34 bits per heavy atom. The molecule has 0 saturated carbocycles. The highest BCUT2D eigenvalue weighted by molar-refractivity contribution is 6.01. The van der Waals surface area contributed by atoms with Crippen LogP contribution in [0.25, 0.3) is 6.08 Å². The van der Waals surface area contributed by atoms with Crippen LogP contribution in [0, 0.1) is 31.1 Å². The van der Waals surface area contributed by atoms with Crippen molar-refractivity contribution in [3.05, 3.63) is 28.6 Å². The monoisotopic (exact) mass is 402 g/mol. The minimum Gasteiger partial charge on any atom is -0.448 e. The average Bonchev–Trinajstić information content (AvgIpc) is 2.85. The lowest BCUT2D eigenvalue weighted by Crippen LogP contribution is -2.46. The predicted molar refractivity (Wildman–Crippen MR) is 110 cm³/mol. The van der Waals surface area contributed by atoms with Gasteiger partial charge in [-0.3, -0.25) is 10.1 Å². The van der Waals surface area contributed by atoms with Crippen molar-refractivity contribution in [1.29, 1.82) is 5.26 Å². The summed E-state index contributed by atoms with van der Waals surface area (Å²) in [7, 11) is 0. The number of nitrogens with zero attached hydrogens (tertiary/aromatic N) is 2. The van der Waals surface area contributed by atoms with Gasteiger partial charge in [-0.15, -0.1) is 0 Å². The third-order valence-corrected chi connectivity index (χ3v) is 4.11. The van der Waals surface area contributed by atoms with E-state index in [1.165, 1.54) is 13.0 Å². The molecule has 29 heavy (non-hydrogen) atoms. The quantitative estimate of drug-likeness (QED) is 0.414. The fraction of sp³-hybridized carbons (Fsp3) is 0.524. The summed E-state index contributed by atoms with van der Waals surface area (Å²) in [6.45, 7) is 13.8. The fourth-order valence-corrected chi connectivity index (χ4v) is 2.70. The number of amides is 3. The number of nitriles is 1. The van der Waals surface area contributed by atoms with Gasteiger partial charge in [0.25, 0.3) is 5.91 Å². The molecule has 8 heteroatoms. The van der Waals surface area contributed by atoms with E-state index in [-0.39, 0.29) is 11.6 Å². The molecule has 0 saturated heterocycles. The maximum atomic E-state index is 12.3. The molecule has 0 aliphatic rings. The van der Waals surface area contributed by atoms with E-state index in [2.05, 4.69) is 29.0 Å². The van der Waals surface area contributed by atoms with E-state index in [4.69, 9.17) is 4.74 Å². The molecule has 1 heterocycles. The van der Waals surface area contributed by atoms with E-state index in [0.717, 1.165) is 23.5 Å². The molecule has 1 rings (SSSR count). The highest BCUT2D eigenvalue weighted by Crippen LogP contribution is 2.20. The molecule has 0 aromatic carbocycles. The number of nitrogens with one attached hydrogen (secondary N) is 2. The molecule has 0 bridgehead atoms. The highest BCUT2D eigenvalue weighted by atomic mass is 16.5. The van der Waals surface area contributed by atoms with E-state index >= 15 is 0 Å². The van der Waals surface area contributed by atoms with Crippen LogP contribution >= 0.6 is 0 Å². The zero-order valence-corrected chi connectivity index (χ0v) is 18.1. The number of aromatic nitrogens is 1. The number of hydrogen-bond acceptors (Lipinski definition) is 5. The van der Waals surface area contributed by atoms with Gasteiger partial charge < -0.3 is 14.6 Å². The van der Waals surface area contributed by atoms with Gasteiger partial charge in [0.2, 0.25) is 0 Å². The summed E-state index contributed by atoms with van der Waals surface area (Å²) in [5, 5.41) is 14.0. The predicted octanol–water partition coefficient (Wildman–Crippen LogP) is 2.83. The van der Waals surface area contributed by atoms with E-state index in [0.29, 0.717) is 5.92 Å². The Kier molecular flexibility index (Phi) is 8.64. The molecule has 0 radical (unpaired) electrons. The molecular formula is C21H30N4O4. The number of rotatable bonds is 7. The first-order valence-corrected chi connectivity index (χ1v) is 9.57. The van der Waals surface area contributed by atoms with Crippen LogP contribution in [0.3, 0.4) is 0 Å². The summed E-state index contributed by atoms with van der Waals surface area (Å²) in [6.07, 6.45) is 0.225. The lowest BCUT2D eigenvalue weighted by molar-refractivity contribution is -0.150. The van der Waals surface area contributed by atoms with Crippen molar-refractivity contribution < 1.29 is 19.1 Å². The molecule has 1 aromatic heterocycles. The normalized spacial score (nSPS) is 12.5. The minimum absolute atomic E-state index is 0.150. The number of hydrogen-bond donors (Lipinski definition) is 2. The van der Waals surface area contributed by atoms with Gasteiger partial charge >= 0.3 is 12.0 Å². The summed E-state index contributed by atoms with van der Waals surface area (Å²) in [6, 6.07) is 2.89. The van der Waals surface area contributed by atoms with Crippen molar-refractivity contribution in [2.75, 3.05) is 0 Å². The molecule has 0 aliphatic heterocycles. The summed E-state index contributed by atoms with van der Waals surface area (Å²) >= 11 is 0. The summed E-state index contributed by atoms with van der Waals surface area (Å²) in [4.78, 5) is 35.9. The van der Waals surface area contributed by atoms with Gasteiger partial charge in [-0.05, 0) is 58.2 Å². The number of carbonyl (C=O) groups excluding carboxylic acids is 3. The lowest BCUT2D eigenvalue weighted by Gasteiger charge is -2.14. The van der Waals surface area contributed by atoms with Crippen LogP contribution in [-0.4, -0.2) is 34.6 Å². The molecular weight excluding hydrogens is 372 g/mol. The summed E-state index contributed by atoms with van der Waals surface area (Å²) in [5.74, 6) is -1.25. The maximum absolute atomic E-state index is 12.3. The Labute approximate surface area is 171 Å². The van der Waals surface area contributed by atoms with Crippen LogP contribution in [0.2, 0.25) is 0 Å². The van der Waals surface area contributed by atoms with Gasteiger partial charge in [-0.1, -0.05) is 13.8 Å². The van der Waals surface area contributed by atoms with Crippen LogP contribution < -0.4 is 10.6 Å². The van der Waals surface area contributed by atoms with Gasteiger partial charge in [-0.2, -0.15) is 5.26 Å². The molecule has 0 aliphatic carbocycles. The number of imide groups is 1. The molecule has 2 N–H and O–H groups in total. The molecule has 3 amide bonds. The largest absolute Gasteiger partial charge is 0.448 e. The zero-order chi connectivity index (χ0) is 22.3. The maximum Gasteiger partial charge on any atom is 0.349 e. The molecule has 0 fully saturated rings. The fourth-order valence-electron chi connectivity index (χ4n) is 2.70. The second kappa shape index (κ2) is 10.5. The smallest absolute Gasteiger partial charge is 0.349 e. The van der Waals surface area contributed by atoms with Crippen molar-refractivity contribution in [3.8, 4) is 6.07 Å². The number of urea groups is 1. The number of esters is 1. The summed E-state index contributed by atoms with van der Waals surface area (Å²) in [5.41, 5.74) is 2.48. The molecule has 1 atom stereocenters. The van der Waals surface area contributed by atoms with E-state index < -0.39 is 24.0 Å². The van der Waals surface area contributed by atoms with Gasteiger partial charge in [0, 0.05) is 24.0 Å². The standard InChI is InChI=1S/C21H30N4O4/c1-12(2)11-25-14(5)8-17(15(25)6)9-18(10-22)20(27)29-16(7)19(26)24-21(28)23-13(3)4/h8-9,12-13,16H,11H2,1-7H3,(H2,23,24,26,28)/b18-9+/t16-/m0/s1. The van der Waals surface area contributed by atoms with Gasteiger partial charge in [-0.25, -0.2) is 9.59 Å². The Balaban J connectivity index is 2.91. The Bertz CT molecular complexity index is 844. The second-order valence-corrected chi connectivity index (χ2v) is 7.67. The van der Waals surface area contributed by atoms with E-state index in [9.17, 15) is 19.6 Å². The first-order valence-electron chi connectivity index (χ1n) is 9.57. The highest BCUT2D eigenvalue weighted by Gasteiger charge is 2.23. The third-order valence-electron chi connectivity index (χ3n) is 4.11. The van der Waals surface area contributed by atoms with E-state index in [1.54, 1.807) is 13.8 Å². The Morgan fingerprint density at radius 1 is 1.21 bits per heavy atom. The van der Waals surface area contributed by atoms with Crippen LogP contribution in [0.15, 0.2) is 11.6 Å². The molecule has 1 aromatic rings. The third kappa shape index (κ3) is 7.11. The van der Waals surface area contributed by atoms with Gasteiger partial charge in [0.05, 0.1) is 0 Å². The molecule has 0 spiro atoms. The SMILES string of the molecule is Cc1cc(/C=C(\C#N)C(=O)O[C@@H](C)C(=O)NC(=O)NC(C)C)c(C)n1CC(C)C. The second-order valence-electron chi connectivity index (χ2n) is 7.67. The molecule has 8 nitrogen and oxygen atoms in total.